The normalized spacial score (nSPS) is 12.8. The Bertz CT molecular complexity index is 569. The average molecular weight is 168 g/mol. The summed E-state index contributed by atoms with van der Waals surface area (Å²) in [6.45, 7) is 0. The molecule has 1 aromatic heterocycles. The van der Waals surface area contributed by atoms with Crippen LogP contribution in [-0.4, -0.2) is 10.4 Å². The number of aromatic nitrogens is 1. The van der Waals surface area contributed by atoms with Crippen molar-refractivity contribution in [2.24, 2.45) is 7.05 Å². The van der Waals surface area contributed by atoms with Crippen LogP contribution in [0, 0.1) is 5.41 Å². The third kappa shape index (κ3) is 0.624. The van der Waals surface area contributed by atoms with Gasteiger partial charge in [-0.15, -0.1) is 0 Å². The van der Waals surface area contributed by atoms with E-state index in [1.165, 1.54) is 10.9 Å². The number of aryl methyl sites for hydroxylation is 1. The zero-order valence-corrected chi connectivity index (χ0v) is 7.26. The van der Waals surface area contributed by atoms with Gasteiger partial charge in [0, 0.05) is 18.0 Å². The zero-order valence-electron chi connectivity index (χ0n) is 7.26. The molecule has 1 aliphatic heterocycles. The van der Waals surface area contributed by atoms with Crippen LogP contribution in [0.5, 0.6) is 0 Å². The summed E-state index contributed by atoms with van der Waals surface area (Å²) in [7, 11) is 2.03. The van der Waals surface area contributed by atoms with Gasteiger partial charge in [0.1, 0.15) is 0 Å². The molecule has 3 bridgehead atoms. The van der Waals surface area contributed by atoms with Crippen LogP contribution < -0.4 is 0 Å². The lowest BCUT2D eigenvalue weighted by Crippen LogP contribution is -2.01. The van der Waals surface area contributed by atoms with Crippen LogP contribution in [-0.2, 0) is 7.05 Å². The molecule has 0 radical (unpaired) electrons. The van der Waals surface area contributed by atoms with Gasteiger partial charge in [0.05, 0.1) is 11.3 Å². The van der Waals surface area contributed by atoms with E-state index in [1.807, 2.05) is 13.1 Å². The quantitative estimate of drug-likeness (QED) is 0.498. The molecule has 3 rings (SSSR count). The largest absolute Gasteiger partial charge is 0.343 e. The van der Waals surface area contributed by atoms with Gasteiger partial charge in [-0.05, 0) is 23.6 Å². The molecule has 0 amide bonds. The van der Waals surface area contributed by atoms with Crippen LogP contribution in [0.4, 0.5) is 0 Å². The summed E-state index contributed by atoms with van der Waals surface area (Å²) >= 11 is 0. The van der Waals surface area contributed by atoms with Crippen molar-refractivity contribution in [1.82, 2.24) is 4.57 Å². The maximum atomic E-state index is 7.24. The van der Waals surface area contributed by atoms with Gasteiger partial charge in [0.2, 0.25) is 0 Å². The predicted molar refractivity (Wildman–Crippen MR) is 53.2 cm³/mol. The maximum absolute atomic E-state index is 7.24. The number of rotatable bonds is 0. The predicted octanol–water partition coefficient (Wildman–Crippen LogP) is 2.17. The Morgan fingerprint density at radius 1 is 1.31 bits per heavy atom. The molecule has 0 unspecified atom stereocenters. The van der Waals surface area contributed by atoms with Gasteiger partial charge in [0.15, 0.2) is 0 Å². The SMILES string of the molecule is Cn1c2cc3ccc(cc31)C2=C=N. The van der Waals surface area contributed by atoms with Crippen LogP contribution >= 0.6 is 0 Å². The Labute approximate surface area is 75.6 Å². The summed E-state index contributed by atoms with van der Waals surface area (Å²) in [5.41, 5.74) is 4.35. The molecule has 2 heterocycles. The van der Waals surface area contributed by atoms with Gasteiger partial charge in [-0.2, -0.15) is 0 Å². The number of hydrogen-bond donors (Lipinski definition) is 1. The fraction of sp³-hybridized carbons (Fsp3) is 0.0909. The molecule has 0 spiro atoms. The first kappa shape index (κ1) is 6.70. The highest BCUT2D eigenvalue weighted by molar-refractivity contribution is 6.05. The van der Waals surface area contributed by atoms with Crippen LogP contribution in [0.2, 0.25) is 0 Å². The average Bonchev–Trinajstić information content (AvgIpc) is 2.36. The standard InChI is InChI=1S/C11H8N2/c1-13-10-4-7-2-3-8(10)5-11(13)9(7)6-12/h2-5,12H,1H3. The lowest BCUT2D eigenvalue weighted by atomic mass is 10.0. The first-order valence-corrected chi connectivity index (χ1v) is 4.21. The summed E-state index contributed by atoms with van der Waals surface area (Å²) in [6, 6.07) is 8.36. The summed E-state index contributed by atoms with van der Waals surface area (Å²) in [4.78, 5) is 0. The fourth-order valence-electron chi connectivity index (χ4n) is 2.01. The minimum atomic E-state index is 0.898. The third-order valence-corrected chi connectivity index (χ3v) is 2.72. The first-order valence-electron chi connectivity index (χ1n) is 4.21. The van der Waals surface area contributed by atoms with E-state index in [4.69, 9.17) is 5.41 Å². The van der Waals surface area contributed by atoms with Crippen molar-refractivity contribution in [2.75, 3.05) is 0 Å². The summed E-state index contributed by atoms with van der Waals surface area (Å²) in [5, 5.41) is 8.49. The van der Waals surface area contributed by atoms with Crippen molar-refractivity contribution in [3.63, 3.8) is 0 Å². The molecule has 1 N–H and O–H groups in total. The van der Waals surface area contributed by atoms with Crippen molar-refractivity contribution in [2.45, 2.75) is 0 Å². The Balaban J connectivity index is 2.68. The van der Waals surface area contributed by atoms with Crippen LogP contribution in [0.15, 0.2) is 24.3 Å². The van der Waals surface area contributed by atoms with Crippen molar-refractivity contribution in [3.05, 3.63) is 35.5 Å². The minimum Gasteiger partial charge on any atom is -0.343 e. The monoisotopic (exact) mass is 168 g/mol. The fourth-order valence-corrected chi connectivity index (χ4v) is 2.01. The second-order valence-corrected chi connectivity index (χ2v) is 3.36. The summed E-state index contributed by atoms with van der Waals surface area (Å²) in [5.74, 6) is 2.50. The van der Waals surface area contributed by atoms with Crippen LogP contribution in [0.1, 0.15) is 11.3 Å². The van der Waals surface area contributed by atoms with Gasteiger partial charge in [0.25, 0.3) is 0 Å². The second-order valence-electron chi connectivity index (χ2n) is 3.36. The highest BCUT2D eigenvalue weighted by Crippen LogP contribution is 2.33. The van der Waals surface area contributed by atoms with E-state index in [0.29, 0.717) is 0 Å². The molecule has 0 atom stereocenters. The van der Waals surface area contributed by atoms with Crippen molar-refractivity contribution in [1.29, 1.82) is 5.41 Å². The second kappa shape index (κ2) is 1.93. The molecular formula is C11H8N2. The van der Waals surface area contributed by atoms with Gasteiger partial charge in [-0.1, -0.05) is 12.1 Å². The molecule has 2 heteroatoms. The third-order valence-electron chi connectivity index (χ3n) is 2.72. The van der Waals surface area contributed by atoms with E-state index in [-0.39, 0.29) is 0 Å². The zero-order chi connectivity index (χ0) is 9.00. The number of nitrogens with one attached hydrogen (secondary N) is 1. The maximum Gasteiger partial charge on any atom is 0.0663 e. The molecular weight excluding hydrogens is 160 g/mol. The van der Waals surface area contributed by atoms with Crippen LogP contribution in [0.25, 0.3) is 16.5 Å². The van der Waals surface area contributed by atoms with Crippen molar-refractivity contribution in [3.8, 4) is 0 Å². The van der Waals surface area contributed by atoms with E-state index in [2.05, 4.69) is 28.6 Å². The number of nitrogens with zero attached hydrogens (tertiary/aromatic N) is 1. The molecule has 0 fully saturated rings. The van der Waals surface area contributed by atoms with E-state index in [1.54, 1.807) is 0 Å². The number of fused-ring (bicyclic) bond motifs is 2. The van der Waals surface area contributed by atoms with Crippen LogP contribution in [0.3, 0.4) is 0 Å². The number of benzene rings is 1. The molecule has 13 heavy (non-hydrogen) atoms. The van der Waals surface area contributed by atoms with Gasteiger partial charge < -0.3 is 4.57 Å². The summed E-state index contributed by atoms with van der Waals surface area (Å²) in [6.07, 6.45) is 0. The lowest BCUT2D eigenvalue weighted by molar-refractivity contribution is 0.942. The Hall–Kier alpha value is -1.79. The number of hydrogen-bond acceptors (Lipinski definition) is 1. The van der Waals surface area contributed by atoms with E-state index < -0.39 is 0 Å². The molecule has 1 aliphatic rings. The molecule has 2 nitrogen and oxygen atoms in total. The Morgan fingerprint density at radius 2 is 2.15 bits per heavy atom. The highest BCUT2D eigenvalue weighted by Gasteiger charge is 2.18. The van der Waals surface area contributed by atoms with E-state index in [9.17, 15) is 0 Å². The highest BCUT2D eigenvalue weighted by atomic mass is 15.0. The Morgan fingerprint density at radius 3 is 2.92 bits per heavy atom. The Kier molecular flexibility index (Phi) is 0.992. The summed E-state index contributed by atoms with van der Waals surface area (Å²) < 4.78 is 2.11. The minimum absolute atomic E-state index is 0.898. The lowest BCUT2D eigenvalue weighted by Gasteiger charge is -2.11. The van der Waals surface area contributed by atoms with Gasteiger partial charge >= 0.3 is 0 Å². The van der Waals surface area contributed by atoms with E-state index >= 15 is 0 Å². The molecule has 0 saturated carbocycles. The van der Waals surface area contributed by atoms with E-state index in [0.717, 1.165) is 16.8 Å². The van der Waals surface area contributed by atoms with Crippen molar-refractivity contribution < 1.29 is 0 Å². The van der Waals surface area contributed by atoms with Crippen molar-refractivity contribution >= 4 is 22.3 Å². The first-order chi connectivity index (χ1) is 6.31. The smallest absolute Gasteiger partial charge is 0.0663 e. The topological polar surface area (TPSA) is 28.8 Å². The molecule has 62 valence electrons. The van der Waals surface area contributed by atoms with Gasteiger partial charge in [-0.3, -0.25) is 5.41 Å². The molecule has 0 saturated heterocycles. The van der Waals surface area contributed by atoms with Gasteiger partial charge in [-0.25, -0.2) is 0 Å². The molecule has 2 aromatic rings. The molecule has 1 aromatic carbocycles. The molecule has 0 aliphatic carbocycles.